The molecule has 0 amide bonds. The van der Waals surface area contributed by atoms with Crippen molar-refractivity contribution in [1.82, 2.24) is 4.98 Å². The van der Waals surface area contributed by atoms with Gasteiger partial charge < -0.3 is 15.7 Å². The Morgan fingerprint density at radius 3 is 3.05 bits per heavy atom. The number of aromatic carboxylic acids is 1. The number of carboxylic acids is 1. The summed E-state index contributed by atoms with van der Waals surface area (Å²) in [5.74, 6) is -0.255. The van der Waals surface area contributed by atoms with Crippen LogP contribution in [0.25, 0.3) is 0 Å². The number of nitrogens with two attached hydrogens (primary N) is 1. The van der Waals surface area contributed by atoms with E-state index in [0.29, 0.717) is 6.04 Å². The zero-order valence-corrected chi connectivity index (χ0v) is 11.3. The van der Waals surface area contributed by atoms with E-state index in [4.69, 9.17) is 10.8 Å². The van der Waals surface area contributed by atoms with Crippen LogP contribution in [0.1, 0.15) is 49.4 Å². The summed E-state index contributed by atoms with van der Waals surface area (Å²) >= 11 is 0. The summed E-state index contributed by atoms with van der Waals surface area (Å²) < 4.78 is 0. The van der Waals surface area contributed by atoms with Gasteiger partial charge in [0.1, 0.15) is 5.82 Å². The SMILES string of the molecule is CCCC1CCCCN1c1cc(C(=O)O)c(N)cn1. The van der Waals surface area contributed by atoms with E-state index in [9.17, 15) is 4.79 Å². The number of pyridine rings is 1. The lowest BCUT2D eigenvalue weighted by atomic mass is 9.98. The molecule has 3 N–H and O–H groups in total. The number of carboxylic acid groups (broad SMARTS) is 1. The van der Waals surface area contributed by atoms with Gasteiger partial charge in [0.15, 0.2) is 0 Å². The van der Waals surface area contributed by atoms with Crippen molar-refractivity contribution in [2.24, 2.45) is 0 Å². The van der Waals surface area contributed by atoms with Gasteiger partial charge in [-0.25, -0.2) is 9.78 Å². The molecule has 1 aromatic heterocycles. The van der Waals surface area contributed by atoms with Crippen molar-refractivity contribution in [3.05, 3.63) is 17.8 Å². The molecule has 5 nitrogen and oxygen atoms in total. The molecule has 5 heteroatoms. The minimum absolute atomic E-state index is 0.144. The highest BCUT2D eigenvalue weighted by Gasteiger charge is 2.24. The summed E-state index contributed by atoms with van der Waals surface area (Å²) in [6.45, 7) is 3.12. The van der Waals surface area contributed by atoms with Gasteiger partial charge >= 0.3 is 5.97 Å². The third kappa shape index (κ3) is 2.97. The lowest BCUT2D eigenvalue weighted by Gasteiger charge is -2.36. The molecule has 0 saturated carbocycles. The average Bonchev–Trinajstić information content (AvgIpc) is 2.40. The Labute approximate surface area is 113 Å². The van der Waals surface area contributed by atoms with Gasteiger partial charge in [-0.2, -0.15) is 0 Å². The fourth-order valence-electron chi connectivity index (χ4n) is 2.73. The molecule has 0 radical (unpaired) electrons. The van der Waals surface area contributed by atoms with Crippen LogP contribution < -0.4 is 10.6 Å². The number of aromatic nitrogens is 1. The minimum atomic E-state index is -0.995. The van der Waals surface area contributed by atoms with Crippen LogP contribution in [0.15, 0.2) is 12.3 Å². The van der Waals surface area contributed by atoms with Gasteiger partial charge in [-0.15, -0.1) is 0 Å². The summed E-state index contributed by atoms with van der Waals surface area (Å²) in [7, 11) is 0. The Morgan fingerprint density at radius 2 is 2.37 bits per heavy atom. The monoisotopic (exact) mass is 263 g/mol. The van der Waals surface area contributed by atoms with Crippen molar-refractivity contribution in [2.45, 2.75) is 45.1 Å². The summed E-state index contributed by atoms with van der Waals surface area (Å²) in [4.78, 5) is 17.7. The summed E-state index contributed by atoms with van der Waals surface area (Å²) in [5, 5.41) is 9.13. The second kappa shape index (κ2) is 5.91. The van der Waals surface area contributed by atoms with Crippen LogP contribution in [0.3, 0.4) is 0 Å². The molecule has 1 unspecified atom stereocenters. The van der Waals surface area contributed by atoms with Crippen molar-refractivity contribution < 1.29 is 9.90 Å². The zero-order valence-electron chi connectivity index (χ0n) is 11.3. The Kier molecular flexibility index (Phi) is 4.24. The maximum absolute atomic E-state index is 11.1. The van der Waals surface area contributed by atoms with Crippen LogP contribution >= 0.6 is 0 Å². The maximum Gasteiger partial charge on any atom is 0.337 e. The van der Waals surface area contributed by atoms with Crippen LogP contribution in [-0.2, 0) is 0 Å². The van der Waals surface area contributed by atoms with Gasteiger partial charge in [-0.3, -0.25) is 0 Å². The van der Waals surface area contributed by atoms with E-state index < -0.39 is 5.97 Å². The number of piperidine rings is 1. The fraction of sp³-hybridized carbons (Fsp3) is 0.571. The van der Waals surface area contributed by atoms with E-state index in [2.05, 4.69) is 16.8 Å². The topological polar surface area (TPSA) is 79.5 Å². The highest BCUT2D eigenvalue weighted by molar-refractivity contribution is 5.94. The maximum atomic E-state index is 11.1. The van der Waals surface area contributed by atoms with Gasteiger partial charge in [0.2, 0.25) is 0 Å². The highest BCUT2D eigenvalue weighted by Crippen LogP contribution is 2.27. The standard InChI is InChI=1S/C14H21N3O2/c1-2-5-10-6-3-4-7-17(10)13-8-11(14(18)19)12(15)9-16-13/h8-10H,2-7,15H2,1H3,(H,18,19). The van der Waals surface area contributed by atoms with Crippen LogP contribution in [0.2, 0.25) is 0 Å². The number of anilines is 2. The fourth-order valence-corrected chi connectivity index (χ4v) is 2.73. The van der Waals surface area contributed by atoms with Crippen LogP contribution in [0.5, 0.6) is 0 Å². The zero-order chi connectivity index (χ0) is 13.8. The van der Waals surface area contributed by atoms with E-state index >= 15 is 0 Å². The Bertz CT molecular complexity index is 460. The minimum Gasteiger partial charge on any atom is -0.478 e. The molecule has 1 aliphatic heterocycles. The smallest absolute Gasteiger partial charge is 0.337 e. The normalized spacial score (nSPS) is 19.4. The van der Waals surface area contributed by atoms with E-state index in [1.165, 1.54) is 12.6 Å². The molecule has 2 heterocycles. The number of nitrogen functional groups attached to an aromatic ring is 1. The average molecular weight is 263 g/mol. The van der Waals surface area contributed by atoms with Crippen molar-refractivity contribution >= 4 is 17.5 Å². The molecule has 1 fully saturated rings. The first kappa shape index (κ1) is 13.6. The van der Waals surface area contributed by atoms with Crippen molar-refractivity contribution in [1.29, 1.82) is 0 Å². The van der Waals surface area contributed by atoms with Gasteiger partial charge in [-0.1, -0.05) is 13.3 Å². The third-order valence-corrected chi connectivity index (χ3v) is 3.69. The molecule has 19 heavy (non-hydrogen) atoms. The van der Waals surface area contributed by atoms with Crippen molar-refractivity contribution in [3.8, 4) is 0 Å². The molecule has 1 aliphatic rings. The van der Waals surface area contributed by atoms with E-state index in [0.717, 1.165) is 38.0 Å². The molecule has 0 bridgehead atoms. The molecular weight excluding hydrogens is 242 g/mol. The quantitative estimate of drug-likeness (QED) is 0.872. The molecular formula is C14H21N3O2. The first-order valence-corrected chi connectivity index (χ1v) is 6.89. The van der Waals surface area contributed by atoms with Gasteiger partial charge in [-0.05, 0) is 31.7 Å². The summed E-state index contributed by atoms with van der Waals surface area (Å²) in [6, 6.07) is 2.07. The Hall–Kier alpha value is -1.78. The number of rotatable bonds is 4. The summed E-state index contributed by atoms with van der Waals surface area (Å²) in [5.41, 5.74) is 6.02. The number of nitrogens with zero attached hydrogens (tertiary/aromatic N) is 2. The van der Waals surface area contributed by atoms with Crippen LogP contribution in [0, 0.1) is 0 Å². The van der Waals surface area contributed by atoms with Gasteiger partial charge in [0.05, 0.1) is 17.4 Å². The van der Waals surface area contributed by atoms with Crippen LogP contribution in [0.4, 0.5) is 11.5 Å². The van der Waals surface area contributed by atoms with E-state index in [1.54, 1.807) is 6.07 Å². The molecule has 1 atom stereocenters. The molecule has 0 aliphatic carbocycles. The second-order valence-corrected chi connectivity index (χ2v) is 5.07. The number of carbonyl (C=O) groups is 1. The van der Waals surface area contributed by atoms with E-state index in [1.807, 2.05) is 0 Å². The first-order chi connectivity index (χ1) is 9.13. The van der Waals surface area contributed by atoms with Gasteiger partial charge in [0, 0.05) is 12.6 Å². The summed E-state index contributed by atoms with van der Waals surface area (Å²) in [6.07, 6.45) is 7.23. The predicted molar refractivity (Wildman–Crippen MR) is 75.5 cm³/mol. The predicted octanol–water partition coefficient (Wildman–Crippen LogP) is 2.52. The molecule has 104 valence electrons. The highest BCUT2D eigenvalue weighted by atomic mass is 16.4. The number of hydrogen-bond acceptors (Lipinski definition) is 4. The van der Waals surface area contributed by atoms with Gasteiger partial charge in [0.25, 0.3) is 0 Å². The lowest BCUT2D eigenvalue weighted by molar-refractivity contribution is 0.0698. The van der Waals surface area contributed by atoms with E-state index in [-0.39, 0.29) is 11.3 Å². The molecule has 0 aromatic carbocycles. The van der Waals surface area contributed by atoms with Crippen molar-refractivity contribution in [3.63, 3.8) is 0 Å². The molecule has 2 rings (SSSR count). The van der Waals surface area contributed by atoms with Crippen molar-refractivity contribution in [2.75, 3.05) is 17.2 Å². The number of hydrogen-bond donors (Lipinski definition) is 2. The Balaban J connectivity index is 2.28. The second-order valence-electron chi connectivity index (χ2n) is 5.07. The van der Waals surface area contributed by atoms with Crippen LogP contribution in [-0.4, -0.2) is 28.6 Å². The molecule has 1 saturated heterocycles. The molecule has 1 aromatic rings. The first-order valence-electron chi connectivity index (χ1n) is 6.89. The lowest BCUT2D eigenvalue weighted by Crippen LogP contribution is -2.40. The third-order valence-electron chi connectivity index (χ3n) is 3.69. The largest absolute Gasteiger partial charge is 0.478 e. The molecule has 0 spiro atoms. The Morgan fingerprint density at radius 1 is 1.58 bits per heavy atom.